The van der Waals surface area contributed by atoms with Gasteiger partial charge in [0.2, 0.25) is 4.77 Å². The van der Waals surface area contributed by atoms with Crippen LogP contribution in [0.3, 0.4) is 0 Å². The maximum Gasteiger partial charge on any atom is 0.221 e. The molecule has 0 amide bonds. The molecule has 0 radical (unpaired) electrons. The zero-order valence-electron chi connectivity index (χ0n) is 12.9. The molecule has 0 saturated carbocycles. The van der Waals surface area contributed by atoms with E-state index in [0.717, 1.165) is 36.2 Å². The molecule has 1 N–H and O–H groups in total. The maximum atomic E-state index is 9.76. The van der Waals surface area contributed by atoms with Crippen LogP contribution in [0.5, 0.6) is 0 Å². The van der Waals surface area contributed by atoms with E-state index in [-0.39, 0.29) is 6.10 Å². The predicted molar refractivity (Wildman–Crippen MR) is 86.5 cm³/mol. The van der Waals surface area contributed by atoms with Crippen LogP contribution >= 0.6 is 12.2 Å². The molecule has 1 aliphatic rings. The SMILES string of the molecule is Cc1ccc(C)c(-n2nnn(CN3CCC[C@@H](O)C3)c2=S)c1. The quantitative estimate of drug-likeness (QED) is 0.875. The van der Waals surface area contributed by atoms with E-state index in [0.29, 0.717) is 18.0 Å². The molecule has 6 nitrogen and oxygen atoms in total. The molecule has 2 heterocycles. The summed E-state index contributed by atoms with van der Waals surface area (Å²) in [6.45, 7) is 6.27. The molecule has 1 aliphatic heterocycles. The molecule has 7 heteroatoms. The summed E-state index contributed by atoms with van der Waals surface area (Å²) in [5, 5.41) is 18.2. The topological polar surface area (TPSA) is 59.1 Å². The Morgan fingerprint density at radius 3 is 2.91 bits per heavy atom. The van der Waals surface area contributed by atoms with Crippen molar-refractivity contribution < 1.29 is 5.11 Å². The van der Waals surface area contributed by atoms with Gasteiger partial charge in [-0.15, -0.1) is 0 Å². The second-order valence-corrected chi connectivity index (χ2v) is 6.34. The van der Waals surface area contributed by atoms with Gasteiger partial charge >= 0.3 is 0 Å². The summed E-state index contributed by atoms with van der Waals surface area (Å²) in [5.74, 6) is 0. The number of aliphatic hydroxyl groups excluding tert-OH is 1. The Morgan fingerprint density at radius 1 is 1.32 bits per heavy atom. The van der Waals surface area contributed by atoms with Gasteiger partial charge in [0.1, 0.15) is 0 Å². The van der Waals surface area contributed by atoms with Crippen molar-refractivity contribution in [1.29, 1.82) is 0 Å². The fourth-order valence-corrected chi connectivity index (χ4v) is 3.04. The number of aryl methyl sites for hydroxylation is 2. The molecule has 0 bridgehead atoms. The Balaban J connectivity index is 1.86. The number of likely N-dealkylation sites (tertiary alicyclic amines) is 1. The highest BCUT2D eigenvalue weighted by atomic mass is 32.1. The van der Waals surface area contributed by atoms with Crippen LogP contribution in [0.4, 0.5) is 0 Å². The highest BCUT2D eigenvalue weighted by Crippen LogP contribution is 2.16. The van der Waals surface area contributed by atoms with Crippen molar-refractivity contribution in [3.8, 4) is 5.69 Å². The van der Waals surface area contributed by atoms with Crippen LogP contribution in [-0.4, -0.2) is 49.0 Å². The smallest absolute Gasteiger partial charge is 0.221 e. The summed E-state index contributed by atoms with van der Waals surface area (Å²) < 4.78 is 4.00. The Hall–Kier alpha value is -1.57. The second-order valence-electron chi connectivity index (χ2n) is 5.98. The van der Waals surface area contributed by atoms with E-state index >= 15 is 0 Å². The summed E-state index contributed by atoms with van der Waals surface area (Å²) in [6, 6.07) is 6.20. The first-order valence-corrected chi connectivity index (χ1v) is 7.96. The Morgan fingerprint density at radius 2 is 2.14 bits per heavy atom. The number of nitrogens with zero attached hydrogens (tertiary/aromatic N) is 5. The summed E-state index contributed by atoms with van der Waals surface area (Å²) in [6.07, 6.45) is 1.62. The normalized spacial score (nSPS) is 19.5. The van der Waals surface area contributed by atoms with Crippen LogP contribution in [0.1, 0.15) is 24.0 Å². The van der Waals surface area contributed by atoms with E-state index in [9.17, 15) is 5.11 Å². The van der Waals surface area contributed by atoms with Gasteiger partial charge in [-0.3, -0.25) is 4.90 Å². The molecular weight excluding hydrogens is 298 g/mol. The minimum absolute atomic E-state index is 0.253. The molecule has 118 valence electrons. The van der Waals surface area contributed by atoms with Gasteiger partial charge < -0.3 is 5.11 Å². The number of hydrogen-bond acceptors (Lipinski definition) is 5. The Bertz CT molecular complexity index is 723. The highest BCUT2D eigenvalue weighted by molar-refractivity contribution is 7.71. The van der Waals surface area contributed by atoms with Gasteiger partial charge in [0, 0.05) is 13.1 Å². The number of piperidine rings is 1. The minimum atomic E-state index is -0.253. The number of benzene rings is 1. The van der Waals surface area contributed by atoms with Crippen molar-refractivity contribution in [2.75, 3.05) is 13.1 Å². The molecule has 1 aromatic heterocycles. The number of rotatable bonds is 3. The van der Waals surface area contributed by atoms with Gasteiger partial charge in [-0.2, -0.15) is 4.68 Å². The third-order valence-corrected chi connectivity index (χ3v) is 4.43. The van der Waals surface area contributed by atoms with Crippen molar-refractivity contribution in [2.45, 2.75) is 39.5 Å². The van der Waals surface area contributed by atoms with Crippen LogP contribution in [0.25, 0.3) is 5.69 Å². The predicted octanol–water partition coefficient (Wildman–Crippen LogP) is 1.83. The molecule has 1 atom stereocenters. The van der Waals surface area contributed by atoms with E-state index < -0.39 is 0 Å². The molecule has 3 rings (SSSR count). The van der Waals surface area contributed by atoms with Crippen LogP contribution in [0.15, 0.2) is 18.2 Å². The molecule has 2 aromatic rings. The van der Waals surface area contributed by atoms with Gasteiger partial charge in [-0.1, -0.05) is 12.1 Å². The fraction of sp³-hybridized carbons (Fsp3) is 0.533. The van der Waals surface area contributed by atoms with Crippen LogP contribution in [-0.2, 0) is 6.67 Å². The molecule has 1 fully saturated rings. The second kappa shape index (κ2) is 6.28. The van der Waals surface area contributed by atoms with Gasteiger partial charge in [-0.25, -0.2) is 4.68 Å². The summed E-state index contributed by atoms with van der Waals surface area (Å²) >= 11 is 5.52. The minimum Gasteiger partial charge on any atom is -0.392 e. The zero-order chi connectivity index (χ0) is 15.7. The van der Waals surface area contributed by atoms with Crippen LogP contribution in [0.2, 0.25) is 0 Å². The van der Waals surface area contributed by atoms with Crippen molar-refractivity contribution in [1.82, 2.24) is 24.7 Å². The van der Waals surface area contributed by atoms with Crippen molar-refractivity contribution >= 4 is 12.2 Å². The standard InChI is InChI=1S/C15H21N5OS/c1-11-5-6-12(2)14(8-11)20-15(22)19(16-17-20)10-18-7-3-4-13(21)9-18/h5-6,8,13,21H,3-4,7,9-10H2,1-2H3/t13-/m1/s1. The van der Waals surface area contributed by atoms with Gasteiger partial charge in [-0.05, 0) is 66.5 Å². The average molecular weight is 319 g/mol. The number of aliphatic hydroxyl groups is 1. The Labute approximate surface area is 135 Å². The van der Waals surface area contributed by atoms with Crippen LogP contribution in [0, 0.1) is 18.6 Å². The maximum absolute atomic E-state index is 9.76. The largest absolute Gasteiger partial charge is 0.392 e. The lowest BCUT2D eigenvalue weighted by atomic mass is 10.1. The van der Waals surface area contributed by atoms with Crippen molar-refractivity contribution in [3.63, 3.8) is 0 Å². The summed E-state index contributed by atoms with van der Waals surface area (Å²) in [4.78, 5) is 2.16. The number of β-amino-alcohol motifs (C(OH)–C–C–N with tert-alkyl or cyclic N) is 1. The molecular formula is C15H21N5OS. The number of aromatic nitrogens is 4. The number of hydrogen-bond donors (Lipinski definition) is 1. The molecule has 0 unspecified atom stereocenters. The van der Waals surface area contributed by atoms with Gasteiger partial charge in [0.05, 0.1) is 18.5 Å². The molecule has 1 aromatic carbocycles. The summed E-state index contributed by atoms with van der Waals surface area (Å²) in [5.41, 5.74) is 3.24. The third-order valence-electron chi connectivity index (χ3n) is 4.05. The van der Waals surface area contributed by atoms with Crippen molar-refractivity contribution in [2.24, 2.45) is 0 Å². The zero-order valence-corrected chi connectivity index (χ0v) is 13.8. The van der Waals surface area contributed by atoms with Crippen LogP contribution < -0.4 is 0 Å². The van der Waals surface area contributed by atoms with E-state index in [1.807, 2.05) is 13.8 Å². The molecule has 0 spiro atoms. The first-order valence-electron chi connectivity index (χ1n) is 7.55. The fourth-order valence-electron chi connectivity index (χ4n) is 2.81. The number of tetrazole rings is 1. The average Bonchev–Trinajstić information content (AvgIpc) is 2.83. The Kier molecular flexibility index (Phi) is 4.37. The highest BCUT2D eigenvalue weighted by Gasteiger charge is 2.19. The lowest BCUT2D eigenvalue weighted by Gasteiger charge is -2.29. The van der Waals surface area contributed by atoms with E-state index in [1.165, 1.54) is 0 Å². The van der Waals surface area contributed by atoms with Gasteiger partial charge in [0.15, 0.2) is 0 Å². The summed E-state index contributed by atoms with van der Waals surface area (Å²) in [7, 11) is 0. The lowest BCUT2D eigenvalue weighted by molar-refractivity contribution is 0.0509. The lowest BCUT2D eigenvalue weighted by Crippen LogP contribution is -2.39. The van der Waals surface area contributed by atoms with E-state index in [1.54, 1.807) is 9.36 Å². The first kappa shape index (κ1) is 15.3. The van der Waals surface area contributed by atoms with Gasteiger partial charge in [0.25, 0.3) is 0 Å². The van der Waals surface area contributed by atoms with E-state index in [2.05, 4.69) is 33.5 Å². The van der Waals surface area contributed by atoms with Crippen molar-refractivity contribution in [3.05, 3.63) is 34.1 Å². The molecule has 1 saturated heterocycles. The monoisotopic (exact) mass is 319 g/mol. The molecule has 22 heavy (non-hydrogen) atoms. The van der Waals surface area contributed by atoms with E-state index in [4.69, 9.17) is 12.2 Å². The first-order chi connectivity index (χ1) is 10.5. The third kappa shape index (κ3) is 3.11. The molecule has 0 aliphatic carbocycles.